The first-order valence-corrected chi connectivity index (χ1v) is 4.93. The molecule has 6 nitrogen and oxygen atoms in total. The first-order valence-electron chi connectivity index (χ1n) is 4.93. The zero-order valence-electron chi connectivity index (χ0n) is 8.54. The average Bonchev–Trinajstić information content (AvgIpc) is 2.68. The van der Waals surface area contributed by atoms with Crippen LogP contribution in [0, 0.1) is 0 Å². The van der Waals surface area contributed by atoms with E-state index in [1.165, 1.54) is 4.85 Å². The molecular weight excluding hydrogens is 210 g/mol. The number of hydrogen-bond donors (Lipinski definition) is 1. The van der Waals surface area contributed by atoms with Crippen LogP contribution in [0.3, 0.4) is 0 Å². The summed E-state index contributed by atoms with van der Waals surface area (Å²) in [5.74, 6) is -0.827. The van der Waals surface area contributed by atoms with Crippen LogP contribution in [0.15, 0.2) is 24.3 Å². The Morgan fingerprint density at radius 1 is 1.44 bits per heavy atom. The molecule has 1 aromatic carbocycles. The topological polar surface area (TPSA) is 77.2 Å². The highest BCUT2D eigenvalue weighted by Gasteiger charge is 2.04. The molecule has 0 fully saturated rings. The summed E-state index contributed by atoms with van der Waals surface area (Å²) in [6, 6.07) is 7.40. The Kier molecular flexibility index (Phi) is 3.00. The minimum absolute atomic E-state index is 0.0899. The van der Waals surface area contributed by atoms with Gasteiger partial charge in [-0.25, -0.2) is 0 Å². The van der Waals surface area contributed by atoms with Crippen molar-refractivity contribution in [2.45, 2.75) is 12.8 Å². The number of carboxylic acid groups (broad SMARTS) is 1. The van der Waals surface area contributed by atoms with Gasteiger partial charge in [0.05, 0.1) is 0 Å². The molecule has 2 aromatic rings. The number of hydrogen-bond acceptors (Lipinski definition) is 4. The van der Waals surface area contributed by atoms with Gasteiger partial charge in [-0.1, -0.05) is 17.0 Å². The van der Waals surface area contributed by atoms with E-state index in [1.807, 2.05) is 24.3 Å². The third kappa shape index (κ3) is 2.28. The highest BCUT2D eigenvalue weighted by Crippen LogP contribution is 2.07. The van der Waals surface area contributed by atoms with Gasteiger partial charge in [0.1, 0.15) is 17.6 Å². The lowest BCUT2D eigenvalue weighted by atomic mass is 10.3. The minimum Gasteiger partial charge on any atom is -0.481 e. The lowest BCUT2D eigenvalue weighted by Crippen LogP contribution is -2.15. The number of fused-ring (bicyclic) bond motifs is 1. The molecule has 1 heterocycles. The van der Waals surface area contributed by atoms with E-state index in [2.05, 4.69) is 10.3 Å². The van der Waals surface area contributed by atoms with Gasteiger partial charge in [0.25, 0.3) is 0 Å². The van der Waals surface area contributed by atoms with Gasteiger partial charge in [0.2, 0.25) is 0 Å². The molecule has 0 saturated heterocycles. The molecule has 0 atom stereocenters. The van der Waals surface area contributed by atoms with Crippen molar-refractivity contribution in [1.29, 1.82) is 0 Å². The Labute approximate surface area is 91.4 Å². The summed E-state index contributed by atoms with van der Waals surface area (Å²) in [6.45, 7) is 0.305. The normalized spacial score (nSPS) is 10.5. The number of carbonyl (C=O) groups is 1. The minimum atomic E-state index is -0.827. The van der Waals surface area contributed by atoms with E-state index in [4.69, 9.17) is 9.94 Å². The largest absolute Gasteiger partial charge is 0.481 e. The summed E-state index contributed by atoms with van der Waals surface area (Å²) in [7, 11) is 0. The van der Waals surface area contributed by atoms with Crippen molar-refractivity contribution in [3.63, 3.8) is 0 Å². The Balaban J connectivity index is 1.97. The maximum absolute atomic E-state index is 10.3. The van der Waals surface area contributed by atoms with Crippen LogP contribution < -0.4 is 4.84 Å². The molecule has 84 valence electrons. The van der Waals surface area contributed by atoms with Gasteiger partial charge in [-0.05, 0) is 23.8 Å². The van der Waals surface area contributed by atoms with Crippen molar-refractivity contribution >= 4 is 17.0 Å². The summed E-state index contributed by atoms with van der Waals surface area (Å²) >= 11 is 0. The highest BCUT2D eigenvalue weighted by molar-refractivity contribution is 5.73. The molecule has 1 N–H and O–H groups in total. The van der Waals surface area contributed by atoms with Crippen LogP contribution >= 0.6 is 0 Å². The number of rotatable bonds is 5. The second kappa shape index (κ2) is 4.61. The highest BCUT2D eigenvalue weighted by atomic mass is 16.7. The Bertz CT molecular complexity index is 495. The van der Waals surface area contributed by atoms with E-state index in [-0.39, 0.29) is 6.42 Å². The van der Waals surface area contributed by atoms with Gasteiger partial charge in [-0.3, -0.25) is 4.79 Å². The van der Waals surface area contributed by atoms with Crippen molar-refractivity contribution in [1.82, 2.24) is 15.2 Å². The van der Waals surface area contributed by atoms with Crippen molar-refractivity contribution in [2.75, 3.05) is 6.61 Å². The summed E-state index contributed by atoms with van der Waals surface area (Å²) in [5.41, 5.74) is 1.53. The smallest absolute Gasteiger partial charge is 0.303 e. The SMILES string of the molecule is O=C(O)CCCOn1nnc2ccccc21. The second-order valence-electron chi connectivity index (χ2n) is 3.28. The number of aliphatic carboxylic acids is 1. The molecule has 0 saturated carbocycles. The van der Waals surface area contributed by atoms with E-state index >= 15 is 0 Å². The maximum Gasteiger partial charge on any atom is 0.303 e. The van der Waals surface area contributed by atoms with Crippen LogP contribution in [0.4, 0.5) is 0 Å². The lowest BCUT2D eigenvalue weighted by molar-refractivity contribution is -0.137. The number of nitrogens with zero attached hydrogens (tertiary/aromatic N) is 3. The standard InChI is InChI=1S/C10H11N3O3/c14-10(15)6-3-7-16-13-9-5-2-1-4-8(9)11-12-13/h1-2,4-5H,3,6-7H2,(H,14,15). The van der Waals surface area contributed by atoms with Crippen molar-refractivity contribution in [3.05, 3.63) is 24.3 Å². The Morgan fingerprint density at radius 3 is 3.06 bits per heavy atom. The fourth-order valence-corrected chi connectivity index (χ4v) is 1.32. The molecule has 0 spiro atoms. The van der Waals surface area contributed by atoms with Crippen LogP contribution in [-0.2, 0) is 4.79 Å². The molecule has 0 radical (unpaired) electrons. The first-order chi connectivity index (χ1) is 7.77. The van der Waals surface area contributed by atoms with Crippen LogP contribution in [-0.4, -0.2) is 32.8 Å². The van der Waals surface area contributed by atoms with Crippen LogP contribution in [0.5, 0.6) is 0 Å². The van der Waals surface area contributed by atoms with Gasteiger partial charge < -0.3 is 9.94 Å². The lowest BCUT2D eigenvalue weighted by Gasteiger charge is -2.03. The fourth-order valence-electron chi connectivity index (χ4n) is 1.32. The molecular formula is C10H11N3O3. The van der Waals surface area contributed by atoms with E-state index in [0.717, 1.165) is 11.0 Å². The van der Waals surface area contributed by atoms with Gasteiger partial charge in [0, 0.05) is 6.42 Å². The maximum atomic E-state index is 10.3. The molecule has 2 rings (SSSR count). The molecule has 0 aliphatic carbocycles. The van der Waals surface area contributed by atoms with Gasteiger partial charge in [-0.15, -0.1) is 5.10 Å². The Morgan fingerprint density at radius 2 is 2.25 bits per heavy atom. The fraction of sp³-hybridized carbons (Fsp3) is 0.300. The summed E-state index contributed by atoms with van der Waals surface area (Å²) in [5, 5.41) is 16.2. The molecule has 0 aliphatic rings. The van der Waals surface area contributed by atoms with Crippen LogP contribution in [0.25, 0.3) is 11.0 Å². The molecule has 1 aromatic heterocycles. The van der Waals surface area contributed by atoms with E-state index in [0.29, 0.717) is 13.0 Å². The zero-order chi connectivity index (χ0) is 11.4. The monoisotopic (exact) mass is 221 g/mol. The average molecular weight is 221 g/mol. The molecule has 0 aliphatic heterocycles. The third-order valence-electron chi connectivity index (χ3n) is 2.07. The van der Waals surface area contributed by atoms with Gasteiger partial charge in [0.15, 0.2) is 0 Å². The van der Waals surface area contributed by atoms with E-state index < -0.39 is 5.97 Å². The summed E-state index contributed by atoms with van der Waals surface area (Å²) in [6.07, 6.45) is 0.538. The number of aromatic nitrogens is 3. The molecule has 0 bridgehead atoms. The molecule has 0 amide bonds. The third-order valence-corrected chi connectivity index (χ3v) is 2.07. The number of carboxylic acids is 1. The predicted molar refractivity (Wildman–Crippen MR) is 55.8 cm³/mol. The van der Waals surface area contributed by atoms with Crippen LogP contribution in [0.2, 0.25) is 0 Å². The number of benzene rings is 1. The second-order valence-corrected chi connectivity index (χ2v) is 3.28. The van der Waals surface area contributed by atoms with E-state index in [9.17, 15) is 4.79 Å². The van der Waals surface area contributed by atoms with Crippen LogP contribution in [0.1, 0.15) is 12.8 Å². The van der Waals surface area contributed by atoms with Crippen molar-refractivity contribution in [3.8, 4) is 0 Å². The quantitative estimate of drug-likeness (QED) is 0.753. The summed E-state index contributed by atoms with van der Waals surface area (Å²) < 4.78 is 0. The number of para-hydroxylation sites is 1. The molecule has 16 heavy (non-hydrogen) atoms. The molecule has 0 unspecified atom stereocenters. The zero-order valence-corrected chi connectivity index (χ0v) is 8.54. The predicted octanol–water partition coefficient (Wildman–Crippen LogP) is 0.725. The van der Waals surface area contributed by atoms with Crippen molar-refractivity contribution < 1.29 is 14.7 Å². The van der Waals surface area contributed by atoms with E-state index in [1.54, 1.807) is 0 Å². The Hall–Kier alpha value is -2.11. The summed E-state index contributed by atoms with van der Waals surface area (Å²) in [4.78, 5) is 16.9. The van der Waals surface area contributed by atoms with Gasteiger partial charge >= 0.3 is 5.97 Å². The van der Waals surface area contributed by atoms with Gasteiger partial charge in [-0.2, -0.15) is 0 Å². The first kappa shape index (κ1) is 10.4. The molecule has 6 heteroatoms. The van der Waals surface area contributed by atoms with Crippen molar-refractivity contribution in [2.24, 2.45) is 0 Å².